The summed E-state index contributed by atoms with van der Waals surface area (Å²) in [5, 5.41) is 3.83. The summed E-state index contributed by atoms with van der Waals surface area (Å²) in [7, 11) is -15.9. The summed E-state index contributed by atoms with van der Waals surface area (Å²) in [5.41, 5.74) is 0. The standard InChI is InChI=1S/C10H17BrN2O15S3/c1-4-7(26-29(16,17)18)8(27-30(19,20)21)9(25-10(4)28-31(22,23)24)13-6(15)3-12-5(14)2-11/h4,7-10H,2-3H2,1H3,(H,12,14)(H,13,15)(H,16,17,18)(H,19,20,21)(H,22,23,24)/t4-,7-,8?,9-,10?/m1/s1. The first-order valence-corrected chi connectivity index (χ1v) is 12.9. The fraction of sp³-hybridized carbons (Fsp3) is 0.800. The van der Waals surface area contributed by atoms with Gasteiger partial charge >= 0.3 is 31.2 Å². The average Bonchev–Trinajstić information content (AvgIpc) is 2.56. The number of hydrogen-bond acceptors (Lipinski definition) is 12. The SMILES string of the molecule is C[C@H]1C(OS(=O)(=O)O)O[C@@H](NC(=O)CNC(=O)CBr)C(OS(=O)(=O)O)[C@@H]1OS(=O)(=O)O. The summed E-state index contributed by atoms with van der Waals surface area (Å²) < 4.78 is 111. The molecule has 1 saturated heterocycles. The Kier molecular flexibility index (Phi) is 9.71. The molecule has 0 bridgehead atoms. The van der Waals surface area contributed by atoms with Crippen LogP contribution < -0.4 is 10.6 Å². The molecular weight excluding hydrogens is 564 g/mol. The molecule has 21 heteroatoms. The van der Waals surface area contributed by atoms with Crippen LogP contribution >= 0.6 is 15.9 Å². The summed E-state index contributed by atoms with van der Waals surface area (Å²) in [5.74, 6) is -3.34. The summed E-state index contributed by atoms with van der Waals surface area (Å²) in [6, 6.07) is 0. The van der Waals surface area contributed by atoms with Crippen molar-refractivity contribution in [2.24, 2.45) is 5.92 Å². The molecule has 2 unspecified atom stereocenters. The van der Waals surface area contributed by atoms with Gasteiger partial charge in [-0.2, -0.15) is 25.3 Å². The largest absolute Gasteiger partial charge is 0.399 e. The third-order valence-corrected chi connectivity index (χ3v) is 5.28. The number of carbonyl (C=O) groups excluding carboxylic acids is 2. The van der Waals surface area contributed by atoms with E-state index in [4.69, 9.17) is 18.4 Å². The van der Waals surface area contributed by atoms with Crippen molar-refractivity contribution in [3.8, 4) is 0 Å². The Morgan fingerprint density at radius 3 is 1.84 bits per heavy atom. The highest BCUT2D eigenvalue weighted by molar-refractivity contribution is 9.09. The summed E-state index contributed by atoms with van der Waals surface area (Å²) in [6.07, 6.45) is -8.60. The molecule has 1 heterocycles. The van der Waals surface area contributed by atoms with Gasteiger partial charge in [-0.25, -0.2) is 12.5 Å². The Morgan fingerprint density at radius 1 is 0.903 bits per heavy atom. The van der Waals surface area contributed by atoms with Gasteiger partial charge in [-0.05, 0) is 0 Å². The van der Waals surface area contributed by atoms with Gasteiger partial charge in [0.2, 0.25) is 11.8 Å². The lowest BCUT2D eigenvalue weighted by Gasteiger charge is -2.42. The van der Waals surface area contributed by atoms with Crippen molar-refractivity contribution in [1.82, 2.24) is 10.6 Å². The van der Waals surface area contributed by atoms with Crippen LogP contribution in [0.3, 0.4) is 0 Å². The second-order valence-corrected chi connectivity index (χ2v) is 9.47. The Labute approximate surface area is 184 Å². The van der Waals surface area contributed by atoms with E-state index in [2.05, 4.69) is 33.8 Å². The van der Waals surface area contributed by atoms with Crippen molar-refractivity contribution in [1.29, 1.82) is 0 Å². The molecule has 1 aliphatic heterocycles. The number of ether oxygens (including phenoxy) is 1. The van der Waals surface area contributed by atoms with Crippen LogP contribution in [0.25, 0.3) is 0 Å². The van der Waals surface area contributed by atoms with Crippen molar-refractivity contribution in [3.05, 3.63) is 0 Å². The van der Waals surface area contributed by atoms with E-state index in [1.54, 1.807) is 0 Å². The lowest BCUT2D eigenvalue weighted by atomic mass is 9.95. The second kappa shape index (κ2) is 10.7. The molecule has 5 atom stereocenters. The topological polar surface area (TPSA) is 258 Å². The minimum absolute atomic E-state index is 0.180. The normalized spacial score (nSPS) is 27.5. The number of nitrogens with one attached hydrogen (secondary N) is 2. The number of halogens is 1. The lowest BCUT2D eigenvalue weighted by Crippen LogP contribution is -2.63. The average molecular weight is 581 g/mol. The highest BCUT2D eigenvalue weighted by atomic mass is 79.9. The van der Waals surface area contributed by atoms with Crippen molar-refractivity contribution < 1.29 is 65.8 Å². The molecule has 1 rings (SSSR count). The van der Waals surface area contributed by atoms with Gasteiger partial charge in [-0.1, -0.05) is 22.9 Å². The zero-order valence-corrected chi connectivity index (χ0v) is 19.2. The molecule has 2 amide bonds. The number of alkyl halides is 1. The molecule has 0 spiro atoms. The Balaban J connectivity index is 3.29. The molecule has 0 aromatic rings. The highest BCUT2D eigenvalue weighted by Crippen LogP contribution is 2.32. The van der Waals surface area contributed by atoms with Crippen LogP contribution in [0.5, 0.6) is 0 Å². The summed E-state index contributed by atoms with van der Waals surface area (Å²) in [4.78, 5) is 23.2. The minimum Gasteiger partial charge on any atom is -0.346 e. The van der Waals surface area contributed by atoms with Crippen LogP contribution in [-0.4, -0.2) is 87.3 Å². The van der Waals surface area contributed by atoms with E-state index in [0.29, 0.717) is 0 Å². The van der Waals surface area contributed by atoms with Crippen molar-refractivity contribution in [2.75, 3.05) is 11.9 Å². The quantitative estimate of drug-likeness (QED) is 0.128. The molecule has 1 fully saturated rings. The van der Waals surface area contributed by atoms with Gasteiger partial charge in [0.1, 0.15) is 6.10 Å². The monoisotopic (exact) mass is 580 g/mol. The predicted octanol–water partition coefficient (Wildman–Crippen LogP) is -2.87. The fourth-order valence-electron chi connectivity index (χ4n) is 2.28. The van der Waals surface area contributed by atoms with Gasteiger partial charge in [0.05, 0.1) is 11.9 Å². The number of amides is 2. The lowest BCUT2D eigenvalue weighted by molar-refractivity contribution is -0.246. The summed E-state index contributed by atoms with van der Waals surface area (Å²) >= 11 is 2.81. The van der Waals surface area contributed by atoms with Gasteiger partial charge in [0.15, 0.2) is 18.6 Å². The zero-order chi connectivity index (χ0) is 24.2. The van der Waals surface area contributed by atoms with Gasteiger partial charge < -0.3 is 15.4 Å². The van der Waals surface area contributed by atoms with Gasteiger partial charge in [0, 0.05) is 5.92 Å². The molecule has 0 saturated carbocycles. The Hall–Kier alpha value is -1.01. The molecule has 0 aromatic carbocycles. The van der Waals surface area contributed by atoms with E-state index in [1.807, 2.05) is 5.32 Å². The van der Waals surface area contributed by atoms with E-state index in [9.17, 15) is 34.8 Å². The molecule has 31 heavy (non-hydrogen) atoms. The van der Waals surface area contributed by atoms with Crippen molar-refractivity contribution >= 4 is 58.9 Å². The van der Waals surface area contributed by atoms with Crippen LogP contribution in [0, 0.1) is 5.92 Å². The van der Waals surface area contributed by atoms with Crippen molar-refractivity contribution in [3.63, 3.8) is 0 Å². The highest BCUT2D eigenvalue weighted by Gasteiger charge is 2.51. The maximum atomic E-state index is 12.0. The molecular formula is C10H17BrN2O15S3. The van der Waals surface area contributed by atoms with Crippen LogP contribution in [0.1, 0.15) is 6.92 Å². The minimum atomic E-state index is -5.36. The Morgan fingerprint density at radius 2 is 1.39 bits per heavy atom. The van der Waals surface area contributed by atoms with E-state index in [-0.39, 0.29) is 5.33 Å². The molecule has 0 radical (unpaired) electrons. The first-order valence-electron chi connectivity index (χ1n) is 7.66. The molecule has 0 aliphatic carbocycles. The maximum Gasteiger partial charge on any atom is 0.399 e. The molecule has 5 N–H and O–H groups in total. The predicted molar refractivity (Wildman–Crippen MR) is 98.2 cm³/mol. The zero-order valence-electron chi connectivity index (χ0n) is 15.1. The van der Waals surface area contributed by atoms with Gasteiger partial charge in [0.25, 0.3) is 0 Å². The van der Waals surface area contributed by atoms with E-state index in [1.165, 1.54) is 0 Å². The number of hydrogen-bond donors (Lipinski definition) is 5. The maximum absolute atomic E-state index is 12.0. The van der Waals surface area contributed by atoms with Crippen LogP contribution in [0.2, 0.25) is 0 Å². The van der Waals surface area contributed by atoms with E-state index >= 15 is 0 Å². The third kappa shape index (κ3) is 10.4. The second-order valence-electron chi connectivity index (χ2n) is 5.76. The third-order valence-electron chi connectivity index (χ3n) is 3.40. The molecule has 17 nitrogen and oxygen atoms in total. The van der Waals surface area contributed by atoms with Crippen molar-refractivity contribution in [2.45, 2.75) is 31.6 Å². The molecule has 182 valence electrons. The molecule has 0 aromatic heterocycles. The first-order chi connectivity index (χ1) is 13.9. The number of carbonyl (C=O) groups is 2. The van der Waals surface area contributed by atoms with E-state index < -0.39 is 80.2 Å². The van der Waals surface area contributed by atoms with Gasteiger partial charge in [-0.3, -0.25) is 23.2 Å². The van der Waals surface area contributed by atoms with Crippen LogP contribution in [-0.2, 0) is 58.1 Å². The fourth-order valence-corrected chi connectivity index (χ4v) is 4.00. The van der Waals surface area contributed by atoms with Gasteiger partial charge in [-0.15, -0.1) is 0 Å². The van der Waals surface area contributed by atoms with Crippen LogP contribution in [0.15, 0.2) is 0 Å². The first kappa shape index (κ1) is 28.0. The Bertz CT molecular complexity index is 981. The smallest absolute Gasteiger partial charge is 0.346 e. The molecule has 1 aliphatic rings. The number of rotatable bonds is 10. The van der Waals surface area contributed by atoms with Crippen LogP contribution in [0.4, 0.5) is 0 Å². The summed E-state index contributed by atoms with van der Waals surface area (Å²) in [6.45, 7) is 0.256. The van der Waals surface area contributed by atoms with E-state index in [0.717, 1.165) is 6.92 Å².